The molecule has 2 aliphatic rings. The molecule has 3 heterocycles. The summed E-state index contributed by atoms with van der Waals surface area (Å²) >= 11 is 0. The zero-order valence-corrected chi connectivity index (χ0v) is 20.7. The molecule has 1 saturated heterocycles. The number of ether oxygens (including phenoxy) is 1. The van der Waals surface area contributed by atoms with Crippen LogP contribution >= 0.6 is 0 Å². The van der Waals surface area contributed by atoms with E-state index in [-0.39, 0.29) is 29.9 Å². The standard InChI is InChI=1S/C26H30FN7O2/c1-25(2,3)36-24(35)32-9-8-26(16-32)10-19(11-26)34-23(29)20(12-28)22(31-34)18-13-30-33(15-18)14-17-6-4-5-7-21(17)27/h4-7,13,15,19H,8-11,14,16,29H2,1-3H3/t19-,26-. The zero-order chi connectivity index (χ0) is 25.7. The van der Waals surface area contributed by atoms with Crippen LogP contribution in [-0.2, 0) is 11.3 Å². The van der Waals surface area contributed by atoms with Crippen molar-refractivity contribution in [2.75, 3.05) is 18.8 Å². The van der Waals surface area contributed by atoms with Gasteiger partial charge in [0.25, 0.3) is 0 Å². The molecule has 2 aromatic heterocycles. The number of rotatable bonds is 4. The number of benzene rings is 1. The number of nitrogens with zero attached hydrogens (tertiary/aromatic N) is 6. The van der Waals surface area contributed by atoms with Crippen LogP contribution in [0.2, 0.25) is 0 Å². The Bertz CT molecular complexity index is 1340. The maximum atomic E-state index is 14.0. The maximum absolute atomic E-state index is 14.0. The summed E-state index contributed by atoms with van der Waals surface area (Å²) in [4.78, 5) is 14.3. The van der Waals surface area contributed by atoms with E-state index in [2.05, 4.69) is 11.2 Å². The van der Waals surface area contributed by atoms with Crippen molar-refractivity contribution in [3.8, 4) is 17.3 Å². The molecule has 2 fully saturated rings. The second-order valence-corrected chi connectivity index (χ2v) is 10.9. The van der Waals surface area contributed by atoms with Crippen LogP contribution < -0.4 is 5.73 Å². The molecule has 0 atom stereocenters. The number of hydrogen-bond donors (Lipinski definition) is 1. The Morgan fingerprint density at radius 2 is 2.08 bits per heavy atom. The van der Waals surface area contributed by atoms with E-state index in [1.807, 2.05) is 20.8 Å². The van der Waals surface area contributed by atoms with E-state index in [0.29, 0.717) is 41.3 Å². The summed E-state index contributed by atoms with van der Waals surface area (Å²) in [6.45, 7) is 7.19. The van der Waals surface area contributed by atoms with E-state index >= 15 is 0 Å². The van der Waals surface area contributed by atoms with Crippen LogP contribution in [0.3, 0.4) is 0 Å². The van der Waals surface area contributed by atoms with Crippen LogP contribution in [0.4, 0.5) is 15.0 Å². The molecule has 9 nitrogen and oxygen atoms in total. The molecule has 36 heavy (non-hydrogen) atoms. The number of carbonyl (C=O) groups is 1. The predicted octanol–water partition coefficient (Wildman–Crippen LogP) is 4.35. The van der Waals surface area contributed by atoms with Gasteiger partial charge in [0.15, 0.2) is 0 Å². The molecule has 1 spiro atoms. The lowest BCUT2D eigenvalue weighted by Crippen LogP contribution is -2.43. The summed E-state index contributed by atoms with van der Waals surface area (Å²) in [5.41, 5.74) is 7.82. The third-order valence-electron chi connectivity index (χ3n) is 7.03. The van der Waals surface area contributed by atoms with Crippen LogP contribution in [0.1, 0.15) is 57.2 Å². The summed E-state index contributed by atoms with van der Waals surface area (Å²) in [5.74, 6) is 0.0352. The van der Waals surface area contributed by atoms with Crippen molar-refractivity contribution >= 4 is 11.9 Å². The first kappa shape index (κ1) is 23.9. The quantitative estimate of drug-likeness (QED) is 0.580. The van der Waals surface area contributed by atoms with E-state index in [1.165, 1.54) is 6.07 Å². The average Bonchev–Trinajstić information content (AvgIpc) is 3.50. The van der Waals surface area contributed by atoms with E-state index < -0.39 is 5.60 Å². The van der Waals surface area contributed by atoms with Crippen molar-refractivity contribution in [2.45, 2.75) is 58.2 Å². The Balaban J connectivity index is 1.30. The van der Waals surface area contributed by atoms with Crippen molar-refractivity contribution in [2.24, 2.45) is 5.41 Å². The minimum Gasteiger partial charge on any atom is -0.444 e. The number of likely N-dealkylation sites (tertiary alicyclic amines) is 1. The van der Waals surface area contributed by atoms with Crippen molar-refractivity contribution in [1.29, 1.82) is 5.26 Å². The molecule has 5 rings (SSSR count). The molecule has 1 aliphatic carbocycles. The first-order valence-corrected chi connectivity index (χ1v) is 12.1. The van der Waals surface area contributed by atoms with Gasteiger partial charge in [0.2, 0.25) is 0 Å². The van der Waals surface area contributed by atoms with Gasteiger partial charge in [0.05, 0.1) is 18.8 Å². The number of amides is 1. The number of carbonyl (C=O) groups excluding carboxylic acids is 1. The zero-order valence-electron chi connectivity index (χ0n) is 20.7. The Hall–Kier alpha value is -3.87. The van der Waals surface area contributed by atoms with E-state index in [1.54, 1.807) is 44.9 Å². The van der Waals surface area contributed by atoms with E-state index in [4.69, 9.17) is 15.6 Å². The molecule has 0 bridgehead atoms. The molecule has 1 saturated carbocycles. The van der Waals surface area contributed by atoms with Crippen LogP contribution in [0.25, 0.3) is 11.3 Å². The van der Waals surface area contributed by atoms with Crippen molar-refractivity contribution in [3.63, 3.8) is 0 Å². The van der Waals surface area contributed by atoms with Crippen molar-refractivity contribution in [1.82, 2.24) is 24.5 Å². The largest absolute Gasteiger partial charge is 0.444 e. The monoisotopic (exact) mass is 491 g/mol. The summed E-state index contributed by atoms with van der Waals surface area (Å²) < 4.78 is 22.9. The second kappa shape index (κ2) is 8.66. The molecular formula is C26H30FN7O2. The fraction of sp³-hybridized carbons (Fsp3) is 0.462. The Morgan fingerprint density at radius 1 is 1.33 bits per heavy atom. The highest BCUT2D eigenvalue weighted by atomic mass is 19.1. The number of nitriles is 1. The maximum Gasteiger partial charge on any atom is 0.410 e. The number of nitrogens with two attached hydrogens (primary N) is 1. The van der Waals surface area contributed by atoms with Crippen LogP contribution in [0.15, 0.2) is 36.7 Å². The molecule has 1 aliphatic heterocycles. The minimum atomic E-state index is -0.522. The lowest BCUT2D eigenvalue weighted by Gasteiger charge is -2.45. The van der Waals surface area contributed by atoms with Gasteiger partial charge in [-0.2, -0.15) is 15.5 Å². The highest BCUT2D eigenvalue weighted by Crippen LogP contribution is 2.54. The second-order valence-electron chi connectivity index (χ2n) is 10.9. The number of aromatic nitrogens is 4. The van der Waals surface area contributed by atoms with Gasteiger partial charge in [0, 0.05) is 30.4 Å². The van der Waals surface area contributed by atoms with Crippen LogP contribution in [-0.4, -0.2) is 49.2 Å². The van der Waals surface area contributed by atoms with Gasteiger partial charge in [0.1, 0.15) is 34.6 Å². The third kappa shape index (κ3) is 4.41. The molecule has 1 amide bonds. The first-order chi connectivity index (χ1) is 17.1. The Morgan fingerprint density at radius 3 is 2.78 bits per heavy atom. The summed E-state index contributed by atoms with van der Waals surface area (Å²) in [6.07, 6.45) is 5.65. The number of nitrogen functional groups attached to an aromatic ring is 1. The fourth-order valence-electron chi connectivity index (χ4n) is 5.28. The van der Waals surface area contributed by atoms with Gasteiger partial charge in [-0.25, -0.2) is 13.9 Å². The van der Waals surface area contributed by atoms with E-state index in [9.17, 15) is 14.4 Å². The van der Waals surface area contributed by atoms with Gasteiger partial charge >= 0.3 is 6.09 Å². The van der Waals surface area contributed by atoms with Gasteiger partial charge in [-0.1, -0.05) is 18.2 Å². The third-order valence-corrected chi connectivity index (χ3v) is 7.03. The Labute approximate surface area is 209 Å². The highest BCUT2D eigenvalue weighted by Gasteiger charge is 2.51. The van der Waals surface area contributed by atoms with Gasteiger partial charge in [-0.15, -0.1) is 0 Å². The first-order valence-electron chi connectivity index (χ1n) is 12.1. The topological polar surface area (TPSA) is 115 Å². The summed E-state index contributed by atoms with van der Waals surface area (Å²) in [6, 6.07) is 8.79. The van der Waals surface area contributed by atoms with Crippen molar-refractivity contribution < 1.29 is 13.9 Å². The number of anilines is 1. The average molecular weight is 492 g/mol. The molecule has 0 radical (unpaired) electrons. The minimum absolute atomic E-state index is 0.0254. The molecule has 2 N–H and O–H groups in total. The van der Waals surface area contributed by atoms with Crippen molar-refractivity contribution in [3.05, 3.63) is 53.6 Å². The molecule has 3 aromatic rings. The van der Waals surface area contributed by atoms with Gasteiger partial charge in [-0.05, 0) is 51.5 Å². The summed E-state index contributed by atoms with van der Waals surface area (Å²) in [5, 5.41) is 18.8. The van der Waals surface area contributed by atoms with Gasteiger partial charge in [-0.3, -0.25) is 4.68 Å². The number of halogens is 1. The normalized spacial score (nSPS) is 21.4. The molecule has 0 unspecified atom stereocenters. The van der Waals surface area contributed by atoms with Gasteiger partial charge < -0.3 is 15.4 Å². The van der Waals surface area contributed by atoms with Crippen LogP contribution in [0, 0.1) is 22.6 Å². The molecule has 188 valence electrons. The molecular weight excluding hydrogens is 461 g/mol. The van der Waals surface area contributed by atoms with E-state index in [0.717, 1.165) is 19.3 Å². The summed E-state index contributed by atoms with van der Waals surface area (Å²) in [7, 11) is 0. The highest BCUT2D eigenvalue weighted by molar-refractivity contribution is 5.72. The Kier molecular flexibility index (Phi) is 5.74. The lowest BCUT2D eigenvalue weighted by molar-refractivity contribution is 0.0188. The molecule has 1 aromatic carbocycles. The SMILES string of the molecule is CC(C)(C)OC(=O)N1CC[C@]2(C1)C[C@H](n1nc(-c3cnn(Cc4ccccc4F)c3)c(C#N)c1N)C2. The number of hydrogen-bond acceptors (Lipinski definition) is 6. The predicted molar refractivity (Wildman–Crippen MR) is 131 cm³/mol. The fourth-order valence-corrected chi connectivity index (χ4v) is 5.28. The van der Waals surface area contributed by atoms with Crippen LogP contribution in [0.5, 0.6) is 0 Å². The smallest absolute Gasteiger partial charge is 0.410 e. The molecule has 10 heteroatoms. The lowest BCUT2D eigenvalue weighted by atomic mass is 9.65.